The minimum Gasteiger partial charge on any atom is -0.507 e. The summed E-state index contributed by atoms with van der Waals surface area (Å²) in [5, 5.41) is 19.6. The van der Waals surface area contributed by atoms with Gasteiger partial charge in [0, 0.05) is 16.7 Å². The fourth-order valence-electron chi connectivity index (χ4n) is 2.08. The van der Waals surface area contributed by atoms with Crippen LogP contribution in [-0.2, 0) is 0 Å². The molecule has 1 aromatic carbocycles. The fraction of sp³-hybridized carbons (Fsp3) is 0.462. The summed E-state index contributed by atoms with van der Waals surface area (Å²) >= 11 is 2.10. The second kappa shape index (κ2) is 5.44. The number of likely N-dealkylation sites (tertiary alicyclic amines) is 1. The van der Waals surface area contributed by atoms with Crippen molar-refractivity contribution in [1.82, 2.24) is 4.90 Å². The maximum Gasteiger partial charge on any atom is 0.257 e. The zero-order valence-electron chi connectivity index (χ0n) is 10.1. The monoisotopic (exact) mass is 361 g/mol. The predicted octanol–water partition coefficient (Wildman–Crippen LogP) is 1.84. The number of halogens is 1. The SMILES string of the molecule is CC1CCN(C(=O)c2cc(I)ccc2O)CC1O. The third kappa shape index (κ3) is 2.77. The lowest BCUT2D eigenvalue weighted by Crippen LogP contribution is -2.45. The number of carbonyl (C=O) groups excluding carboxylic acids is 1. The van der Waals surface area contributed by atoms with Crippen LogP contribution in [0.5, 0.6) is 5.75 Å². The van der Waals surface area contributed by atoms with Crippen LogP contribution in [-0.4, -0.2) is 40.2 Å². The molecule has 98 valence electrons. The molecule has 1 fully saturated rings. The van der Waals surface area contributed by atoms with Gasteiger partial charge in [0.1, 0.15) is 5.75 Å². The highest BCUT2D eigenvalue weighted by Gasteiger charge is 2.28. The molecule has 0 saturated carbocycles. The number of phenols is 1. The first-order valence-electron chi connectivity index (χ1n) is 5.95. The number of carbonyl (C=O) groups is 1. The average molecular weight is 361 g/mol. The van der Waals surface area contributed by atoms with Gasteiger partial charge in [0.25, 0.3) is 5.91 Å². The van der Waals surface area contributed by atoms with Crippen molar-refractivity contribution in [3.05, 3.63) is 27.3 Å². The van der Waals surface area contributed by atoms with Crippen molar-refractivity contribution in [3.63, 3.8) is 0 Å². The second-order valence-electron chi connectivity index (χ2n) is 4.75. The maximum absolute atomic E-state index is 12.3. The van der Waals surface area contributed by atoms with Crippen LogP contribution in [0.1, 0.15) is 23.7 Å². The van der Waals surface area contributed by atoms with Gasteiger partial charge in [-0.25, -0.2) is 0 Å². The van der Waals surface area contributed by atoms with Crippen molar-refractivity contribution in [2.24, 2.45) is 5.92 Å². The van der Waals surface area contributed by atoms with E-state index in [2.05, 4.69) is 22.6 Å². The van der Waals surface area contributed by atoms with E-state index in [4.69, 9.17) is 0 Å². The minimum absolute atomic E-state index is 0.00599. The molecule has 1 heterocycles. The van der Waals surface area contributed by atoms with Crippen molar-refractivity contribution < 1.29 is 15.0 Å². The summed E-state index contributed by atoms with van der Waals surface area (Å²) in [5.74, 6) is 0.00375. The molecular formula is C13H16INO3. The Morgan fingerprint density at radius 2 is 2.22 bits per heavy atom. The van der Waals surface area contributed by atoms with Crippen LogP contribution in [0.3, 0.4) is 0 Å². The average Bonchev–Trinajstić information content (AvgIpc) is 2.35. The Morgan fingerprint density at radius 1 is 1.50 bits per heavy atom. The van der Waals surface area contributed by atoms with Gasteiger partial charge in [0.05, 0.1) is 11.7 Å². The second-order valence-corrected chi connectivity index (χ2v) is 5.99. The molecule has 0 aliphatic carbocycles. The molecule has 5 heteroatoms. The van der Waals surface area contributed by atoms with Crippen LogP contribution < -0.4 is 0 Å². The van der Waals surface area contributed by atoms with Crippen molar-refractivity contribution in [2.45, 2.75) is 19.4 Å². The number of β-amino-alcohol motifs (C(OH)–C–C–N with tert-alkyl or cyclic N) is 1. The smallest absolute Gasteiger partial charge is 0.257 e. The number of hydrogen-bond acceptors (Lipinski definition) is 3. The van der Waals surface area contributed by atoms with Crippen molar-refractivity contribution >= 4 is 28.5 Å². The maximum atomic E-state index is 12.3. The van der Waals surface area contributed by atoms with Gasteiger partial charge >= 0.3 is 0 Å². The van der Waals surface area contributed by atoms with E-state index in [1.54, 1.807) is 17.0 Å². The van der Waals surface area contributed by atoms with E-state index >= 15 is 0 Å². The Labute approximate surface area is 120 Å². The number of benzene rings is 1. The molecule has 1 amide bonds. The number of piperidine rings is 1. The Hall–Kier alpha value is -0.820. The number of amides is 1. The number of nitrogens with zero attached hydrogens (tertiary/aromatic N) is 1. The van der Waals surface area contributed by atoms with Crippen LogP contribution in [0.25, 0.3) is 0 Å². The summed E-state index contributed by atoms with van der Waals surface area (Å²) in [4.78, 5) is 13.9. The zero-order valence-corrected chi connectivity index (χ0v) is 12.3. The third-order valence-electron chi connectivity index (χ3n) is 3.39. The van der Waals surface area contributed by atoms with Gasteiger partial charge in [-0.3, -0.25) is 4.79 Å². The van der Waals surface area contributed by atoms with E-state index in [-0.39, 0.29) is 17.6 Å². The molecule has 1 aliphatic heterocycles. The summed E-state index contributed by atoms with van der Waals surface area (Å²) in [7, 11) is 0. The Balaban J connectivity index is 2.19. The highest BCUT2D eigenvalue weighted by atomic mass is 127. The van der Waals surface area contributed by atoms with Gasteiger partial charge in [-0.05, 0) is 53.1 Å². The molecular weight excluding hydrogens is 345 g/mol. The summed E-state index contributed by atoms with van der Waals surface area (Å²) in [6.07, 6.45) is 0.310. The predicted molar refractivity (Wildman–Crippen MR) is 76.5 cm³/mol. The summed E-state index contributed by atoms with van der Waals surface area (Å²) < 4.78 is 0.902. The molecule has 18 heavy (non-hydrogen) atoms. The van der Waals surface area contributed by atoms with E-state index in [0.29, 0.717) is 18.7 Å². The van der Waals surface area contributed by atoms with Gasteiger partial charge in [0.15, 0.2) is 0 Å². The molecule has 0 spiro atoms. The van der Waals surface area contributed by atoms with Crippen molar-refractivity contribution in [1.29, 1.82) is 0 Å². The molecule has 0 aromatic heterocycles. The van der Waals surface area contributed by atoms with Gasteiger partial charge in [0.2, 0.25) is 0 Å². The molecule has 2 atom stereocenters. The van der Waals surface area contributed by atoms with E-state index in [1.165, 1.54) is 6.07 Å². The largest absolute Gasteiger partial charge is 0.507 e. The lowest BCUT2D eigenvalue weighted by molar-refractivity contribution is 0.0247. The first-order chi connectivity index (χ1) is 8.49. The van der Waals surface area contributed by atoms with Crippen LogP contribution in [0.15, 0.2) is 18.2 Å². The van der Waals surface area contributed by atoms with Crippen LogP contribution in [0, 0.1) is 9.49 Å². The quantitative estimate of drug-likeness (QED) is 0.751. The van der Waals surface area contributed by atoms with Crippen molar-refractivity contribution in [2.75, 3.05) is 13.1 Å². The standard InChI is InChI=1S/C13H16INO3/c1-8-4-5-15(7-12(8)17)13(18)10-6-9(14)2-3-11(10)16/h2-3,6,8,12,16-17H,4-5,7H2,1H3. The highest BCUT2D eigenvalue weighted by Crippen LogP contribution is 2.24. The van der Waals surface area contributed by atoms with Crippen LogP contribution in [0.2, 0.25) is 0 Å². The Bertz CT molecular complexity index is 464. The van der Waals surface area contributed by atoms with Gasteiger partial charge in [-0.15, -0.1) is 0 Å². The molecule has 1 aromatic rings. The van der Waals surface area contributed by atoms with E-state index < -0.39 is 6.10 Å². The Kier molecular flexibility index (Phi) is 4.11. The van der Waals surface area contributed by atoms with E-state index in [9.17, 15) is 15.0 Å². The normalized spacial score (nSPS) is 24.1. The summed E-state index contributed by atoms with van der Waals surface area (Å²) in [5.41, 5.74) is 0.309. The number of phenolic OH excluding ortho intramolecular Hbond substituents is 1. The lowest BCUT2D eigenvalue weighted by atomic mass is 9.95. The Morgan fingerprint density at radius 3 is 2.89 bits per heavy atom. The number of aromatic hydroxyl groups is 1. The minimum atomic E-state index is -0.479. The molecule has 4 nitrogen and oxygen atoms in total. The summed E-state index contributed by atoms with van der Waals surface area (Å²) in [6.45, 7) is 2.95. The number of rotatable bonds is 1. The molecule has 0 radical (unpaired) electrons. The first-order valence-corrected chi connectivity index (χ1v) is 7.02. The van der Waals surface area contributed by atoms with Crippen molar-refractivity contribution in [3.8, 4) is 5.75 Å². The van der Waals surface area contributed by atoms with E-state index in [1.807, 2.05) is 6.92 Å². The third-order valence-corrected chi connectivity index (χ3v) is 4.07. The molecule has 1 aliphatic rings. The van der Waals surface area contributed by atoms with Crippen LogP contribution in [0.4, 0.5) is 0 Å². The van der Waals surface area contributed by atoms with Gasteiger partial charge < -0.3 is 15.1 Å². The number of aliphatic hydroxyl groups is 1. The number of aliphatic hydroxyl groups excluding tert-OH is 1. The van der Waals surface area contributed by atoms with Crippen LogP contribution >= 0.6 is 22.6 Å². The number of hydrogen-bond donors (Lipinski definition) is 2. The zero-order chi connectivity index (χ0) is 13.3. The molecule has 1 saturated heterocycles. The van der Waals surface area contributed by atoms with E-state index in [0.717, 1.165) is 9.99 Å². The fourth-order valence-corrected chi connectivity index (χ4v) is 2.57. The van der Waals surface area contributed by atoms with Gasteiger partial charge in [-0.2, -0.15) is 0 Å². The van der Waals surface area contributed by atoms with Gasteiger partial charge in [-0.1, -0.05) is 6.92 Å². The topological polar surface area (TPSA) is 60.8 Å². The highest BCUT2D eigenvalue weighted by molar-refractivity contribution is 14.1. The molecule has 2 rings (SSSR count). The summed E-state index contributed by atoms with van der Waals surface area (Å²) in [6, 6.07) is 4.94. The lowest BCUT2D eigenvalue weighted by Gasteiger charge is -2.34. The molecule has 0 bridgehead atoms. The first kappa shape index (κ1) is 13.6. The molecule has 2 unspecified atom stereocenters. The molecule has 2 N–H and O–H groups in total.